The van der Waals surface area contributed by atoms with Gasteiger partial charge in [0.2, 0.25) is 5.88 Å². The molecule has 17 heavy (non-hydrogen) atoms. The van der Waals surface area contributed by atoms with Crippen LogP contribution in [0.4, 0.5) is 18.9 Å². The summed E-state index contributed by atoms with van der Waals surface area (Å²) in [6.07, 6.45) is -3.43. The van der Waals surface area contributed by atoms with Crippen molar-refractivity contribution in [2.45, 2.75) is 6.36 Å². The van der Waals surface area contributed by atoms with Gasteiger partial charge in [-0.15, -0.1) is 13.2 Å². The zero-order chi connectivity index (χ0) is 12.3. The molecule has 1 aliphatic heterocycles. The first-order chi connectivity index (χ1) is 8.06. The molecule has 0 radical (unpaired) electrons. The molecule has 7 heteroatoms. The van der Waals surface area contributed by atoms with Gasteiger partial charge < -0.3 is 15.0 Å². The molecule has 2 heterocycles. The van der Waals surface area contributed by atoms with Crippen molar-refractivity contribution in [1.82, 2.24) is 10.3 Å². The van der Waals surface area contributed by atoms with Gasteiger partial charge in [0.15, 0.2) is 0 Å². The number of halogens is 3. The number of hydrogen-bond donors (Lipinski definition) is 1. The molecular formula is C10H12F3N3O. The quantitative estimate of drug-likeness (QED) is 0.857. The van der Waals surface area contributed by atoms with E-state index in [4.69, 9.17) is 0 Å². The minimum Gasteiger partial charge on any atom is -0.386 e. The first kappa shape index (κ1) is 12.0. The smallest absolute Gasteiger partial charge is 0.386 e. The van der Waals surface area contributed by atoms with Crippen molar-refractivity contribution in [1.29, 1.82) is 0 Å². The van der Waals surface area contributed by atoms with E-state index in [1.807, 2.05) is 4.90 Å². The lowest BCUT2D eigenvalue weighted by molar-refractivity contribution is -0.275. The zero-order valence-corrected chi connectivity index (χ0v) is 9.00. The second-order valence-electron chi connectivity index (χ2n) is 3.61. The molecule has 1 aliphatic rings. The Bertz CT molecular complexity index is 377. The summed E-state index contributed by atoms with van der Waals surface area (Å²) in [6, 6.07) is 3.18. The van der Waals surface area contributed by atoms with Crippen molar-refractivity contribution in [3.8, 4) is 5.88 Å². The number of anilines is 1. The SMILES string of the molecule is FC(F)(F)Oc1ncccc1N1CCNCC1. The van der Waals surface area contributed by atoms with Crippen molar-refractivity contribution in [2.24, 2.45) is 0 Å². The third kappa shape index (κ3) is 3.23. The summed E-state index contributed by atoms with van der Waals surface area (Å²) in [6.45, 7) is 2.75. The number of pyridine rings is 1. The molecular weight excluding hydrogens is 235 g/mol. The van der Waals surface area contributed by atoms with Gasteiger partial charge >= 0.3 is 6.36 Å². The minimum atomic E-state index is -4.71. The highest BCUT2D eigenvalue weighted by Gasteiger charge is 2.33. The summed E-state index contributed by atoms with van der Waals surface area (Å²) in [4.78, 5) is 5.46. The fourth-order valence-corrected chi connectivity index (χ4v) is 1.72. The van der Waals surface area contributed by atoms with Gasteiger partial charge in [0.25, 0.3) is 0 Å². The topological polar surface area (TPSA) is 37.4 Å². The molecule has 0 aromatic carbocycles. The molecule has 94 valence electrons. The molecule has 1 N–H and O–H groups in total. The van der Waals surface area contributed by atoms with Crippen LogP contribution >= 0.6 is 0 Å². The van der Waals surface area contributed by atoms with Crippen LogP contribution in [0.3, 0.4) is 0 Å². The minimum absolute atomic E-state index is 0.381. The summed E-state index contributed by atoms with van der Waals surface area (Å²) in [5, 5.41) is 3.13. The van der Waals surface area contributed by atoms with Crippen LogP contribution in [0.5, 0.6) is 5.88 Å². The lowest BCUT2D eigenvalue weighted by Gasteiger charge is -2.30. The van der Waals surface area contributed by atoms with Crippen LogP contribution in [0.1, 0.15) is 0 Å². The lowest BCUT2D eigenvalue weighted by Crippen LogP contribution is -2.43. The van der Waals surface area contributed by atoms with Gasteiger partial charge in [-0.1, -0.05) is 0 Å². The molecule has 0 unspecified atom stereocenters. The van der Waals surface area contributed by atoms with Crippen molar-refractivity contribution in [3.05, 3.63) is 18.3 Å². The fourth-order valence-electron chi connectivity index (χ4n) is 1.72. The van der Waals surface area contributed by atoms with Gasteiger partial charge in [0.05, 0.1) is 0 Å². The van der Waals surface area contributed by atoms with Crippen LogP contribution in [-0.2, 0) is 0 Å². The standard InChI is InChI=1S/C10H12F3N3O/c11-10(12,13)17-9-8(2-1-3-15-9)16-6-4-14-5-7-16/h1-3,14H,4-7H2. The Labute approximate surface area is 96.4 Å². The van der Waals surface area contributed by atoms with Gasteiger partial charge in [0, 0.05) is 32.4 Å². The van der Waals surface area contributed by atoms with E-state index in [0.717, 1.165) is 13.1 Å². The van der Waals surface area contributed by atoms with E-state index < -0.39 is 6.36 Å². The largest absolute Gasteiger partial charge is 0.574 e. The molecule has 0 atom stereocenters. The third-order valence-electron chi connectivity index (χ3n) is 2.42. The maximum Gasteiger partial charge on any atom is 0.574 e. The van der Waals surface area contributed by atoms with Crippen LogP contribution in [0, 0.1) is 0 Å². The van der Waals surface area contributed by atoms with E-state index in [2.05, 4.69) is 15.0 Å². The Morgan fingerprint density at radius 2 is 2.00 bits per heavy atom. The number of nitrogens with zero attached hydrogens (tertiary/aromatic N) is 2. The molecule has 0 aliphatic carbocycles. The predicted molar refractivity (Wildman–Crippen MR) is 56.0 cm³/mol. The van der Waals surface area contributed by atoms with Crippen LogP contribution < -0.4 is 15.0 Å². The van der Waals surface area contributed by atoms with E-state index in [1.165, 1.54) is 6.20 Å². The van der Waals surface area contributed by atoms with Crippen molar-refractivity contribution >= 4 is 5.69 Å². The molecule has 1 aromatic heterocycles. The Morgan fingerprint density at radius 1 is 1.29 bits per heavy atom. The maximum absolute atomic E-state index is 12.2. The number of hydrogen-bond acceptors (Lipinski definition) is 4. The van der Waals surface area contributed by atoms with E-state index in [9.17, 15) is 13.2 Å². The highest BCUT2D eigenvalue weighted by molar-refractivity contribution is 5.55. The number of ether oxygens (including phenoxy) is 1. The van der Waals surface area contributed by atoms with E-state index in [1.54, 1.807) is 12.1 Å². The molecule has 4 nitrogen and oxygen atoms in total. The van der Waals surface area contributed by atoms with Gasteiger partial charge in [-0.3, -0.25) is 0 Å². The Kier molecular flexibility index (Phi) is 3.37. The number of aromatic nitrogens is 1. The third-order valence-corrected chi connectivity index (χ3v) is 2.42. The lowest BCUT2D eigenvalue weighted by atomic mass is 10.3. The molecule has 0 bridgehead atoms. The maximum atomic E-state index is 12.2. The normalized spacial score (nSPS) is 17.0. The first-order valence-electron chi connectivity index (χ1n) is 5.23. The van der Waals surface area contributed by atoms with Crippen molar-refractivity contribution < 1.29 is 17.9 Å². The average molecular weight is 247 g/mol. The van der Waals surface area contributed by atoms with Gasteiger partial charge in [-0.2, -0.15) is 0 Å². The Morgan fingerprint density at radius 3 is 2.65 bits per heavy atom. The highest BCUT2D eigenvalue weighted by atomic mass is 19.4. The summed E-state index contributed by atoms with van der Waals surface area (Å²) in [5.41, 5.74) is 0.381. The summed E-state index contributed by atoms with van der Waals surface area (Å²) in [5.74, 6) is -0.387. The van der Waals surface area contributed by atoms with Crippen LogP contribution in [0.2, 0.25) is 0 Å². The summed E-state index contributed by atoms with van der Waals surface area (Å²) >= 11 is 0. The second kappa shape index (κ2) is 4.79. The van der Waals surface area contributed by atoms with Crippen molar-refractivity contribution in [3.63, 3.8) is 0 Å². The number of alkyl halides is 3. The van der Waals surface area contributed by atoms with Crippen molar-refractivity contribution in [2.75, 3.05) is 31.1 Å². The zero-order valence-electron chi connectivity index (χ0n) is 9.00. The van der Waals surface area contributed by atoms with E-state index >= 15 is 0 Å². The number of nitrogens with one attached hydrogen (secondary N) is 1. The monoisotopic (exact) mass is 247 g/mol. The molecule has 0 saturated carbocycles. The molecule has 1 saturated heterocycles. The van der Waals surface area contributed by atoms with Gasteiger partial charge in [-0.05, 0) is 12.1 Å². The molecule has 1 fully saturated rings. The van der Waals surface area contributed by atoms with Gasteiger partial charge in [0.1, 0.15) is 5.69 Å². The molecule has 0 amide bonds. The highest BCUT2D eigenvalue weighted by Crippen LogP contribution is 2.30. The average Bonchev–Trinajstić information content (AvgIpc) is 2.29. The van der Waals surface area contributed by atoms with Crippen LogP contribution in [0.15, 0.2) is 18.3 Å². The second-order valence-corrected chi connectivity index (χ2v) is 3.61. The summed E-state index contributed by atoms with van der Waals surface area (Å²) < 4.78 is 40.5. The number of piperazine rings is 1. The molecule has 0 spiro atoms. The first-order valence-corrected chi connectivity index (χ1v) is 5.23. The van der Waals surface area contributed by atoms with Gasteiger partial charge in [-0.25, -0.2) is 4.98 Å². The van der Waals surface area contributed by atoms with E-state index in [0.29, 0.717) is 18.8 Å². The Balaban J connectivity index is 2.20. The van der Waals surface area contributed by atoms with Crippen LogP contribution in [0.25, 0.3) is 0 Å². The molecule has 1 aromatic rings. The fraction of sp³-hybridized carbons (Fsp3) is 0.500. The van der Waals surface area contributed by atoms with Crippen LogP contribution in [-0.4, -0.2) is 37.5 Å². The predicted octanol–water partition coefficient (Wildman–Crippen LogP) is 1.39. The Hall–Kier alpha value is -1.50. The molecule has 2 rings (SSSR count). The summed E-state index contributed by atoms with van der Waals surface area (Å²) in [7, 11) is 0. The van der Waals surface area contributed by atoms with E-state index in [-0.39, 0.29) is 5.88 Å². The number of rotatable bonds is 2.